The maximum absolute atomic E-state index is 5.83. The van der Waals surface area contributed by atoms with E-state index in [2.05, 4.69) is 0 Å². The highest BCUT2D eigenvalue weighted by Crippen LogP contribution is 2.35. The van der Waals surface area contributed by atoms with Crippen LogP contribution in [0.5, 0.6) is 0 Å². The van der Waals surface area contributed by atoms with Gasteiger partial charge < -0.3 is 9.47 Å². The lowest BCUT2D eigenvalue weighted by molar-refractivity contribution is -0.160. The highest BCUT2D eigenvalue weighted by Gasteiger charge is 2.37. The van der Waals surface area contributed by atoms with Gasteiger partial charge in [-0.15, -0.1) is 0 Å². The van der Waals surface area contributed by atoms with Gasteiger partial charge in [0.05, 0.1) is 13.2 Å². The summed E-state index contributed by atoms with van der Waals surface area (Å²) in [6, 6.07) is 0. The molecule has 1 saturated heterocycles. The van der Waals surface area contributed by atoms with Crippen LogP contribution < -0.4 is 0 Å². The first-order valence-corrected chi connectivity index (χ1v) is 4.31. The van der Waals surface area contributed by atoms with E-state index in [1.807, 2.05) is 6.08 Å². The number of hydrogen-bond acceptors (Lipinski definition) is 2. The van der Waals surface area contributed by atoms with Crippen molar-refractivity contribution in [1.29, 1.82) is 0 Å². The molecule has 0 saturated carbocycles. The predicted molar refractivity (Wildman–Crippen MR) is 42.4 cm³/mol. The minimum Gasteiger partial charge on any atom is -0.347 e. The molecular formula is C8H11ClO2. The molecule has 1 fully saturated rings. The van der Waals surface area contributed by atoms with Crippen LogP contribution in [0.25, 0.3) is 0 Å². The first-order valence-electron chi connectivity index (χ1n) is 3.93. The first-order chi connectivity index (χ1) is 5.31. The third-order valence-corrected chi connectivity index (χ3v) is 2.54. The Morgan fingerprint density at radius 3 is 2.64 bits per heavy atom. The van der Waals surface area contributed by atoms with Gasteiger partial charge in [-0.3, -0.25) is 0 Å². The van der Waals surface area contributed by atoms with E-state index in [0.29, 0.717) is 0 Å². The minimum atomic E-state index is -0.307. The van der Waals surface area contributed by atoms with E-state index in [1.54, 1.807) is 0 Å². The van der Waals surface area contributed by atoms with E-state index in [9.17, 15) is 0 Å². The van der Waals surface area contributed by atoms with Crippen molar-refractivity contribution in [2.75, 3.05) is 13.2 Å². The molecule has 0 bridgehead atoms. The zero-order valence-corrected chi connectivity index (χ0v) is 7.06. The number of ether oxygens (including phenoxy) is 2. The Kier molecular flexibility index (Phi) is 1.91. The summed E-state index contributed by atoms with van der Waals surface area (Å²) in [5.41, 5.74) is 0. The molecule has 1 aliphatic heterocycles. The maximum atomic E-state index is 5.83. The van der Waals surface area contributed by atoms with Crippen LogP contribution >= 0.6 is 11.6 Å². The van der Waals surface area contributed by atoms with Crippen LogP contribution in [0.4, 0.5) is 0 Å². The summed E-state index contributed by atoms with van der Waals surface area (Å²) in [6.45, 7) is 1.46. The molecular weight excluding hydrogens is 164 g/mol. The molecule has 62 valence electrons. The van der Waals surface area contributed by atoms with Gasteiger partial charge in [0.2, 0.25) is 0 Å². The monoisotopic (exact) mass is 174 g/mol. The zero-order chi connectivity index (χ0) is 7.73. The van der Waals surface area contributed by atoms with Gasteiger partial charge in [0, 0.05) is 17.9 Å². The summed E-state index contributed by atoms with van der Waals surface area (Å²) in [7, 11) is 0. The SMILES string of the molecule is ClC1=CCC2(CC1)OCCO2. The van der Waals surface area contributed by atoms with Crippen LogP contribution in [0.15, 0.2) is 11.1 Å². The molecule has 0 aromatic heterocycles. The summed E-state index contributed by atoms with van der Waals surface area (Å²) in [5, 5.41) is 0.940. The molecule has 0 unspecified atom stereocenters. The lowest BCUT2D eigenvalue weighted by Crippen LogP contribution is -2.31. The van der Waals surface area contributed by atoms with Crippen molar-refractivity contribution in [2.45, 2.75) is 25.0 Å². The molecule has 0 aromatic carbocycles. The maximum Gasteiger partial charge on any atom is 0.172 e. The van der Waals surface area contributed by atoms with Crippen molar-refractivity contribution in [3.63, 3.8) is 0 Å². The molecule has 0 radical (unpaired) electrons. The molecule has 0 amide bonds. The molecule has 2 aliphatic rings. The van der Waals surface area contributed by atoms with Crippen LogP contribution in [-0.4, -0.2) is 19.0 Å². The molecule has 2 nitrogen and oxygen atoms in total. The van der Waals surface area contributed by atoms with Crippen molar-refractivity contribution in [3.05, 3.63) is 11.1 Å². The molecule has 2 rings (SSSR count). The van der Waals surface area contributed by atoms with E-state index < -0.39 is 0 Å². The molecule has 1 spiro atoms. The van der Waals surface area contributed by atoms with Crippen molar-refractivity contribution in [3.8, 4) is 0 Å². The number of hydrogen-bond donors (Lipinski definition) is 0. The Bertz CT molecular complexity index is 183. The van der Waals surface area contributed by atoms with Crippen molar-refractivity contribution < 1.29 is 9.47 Å². The van der Waals surface area contributed by atoms with Gasteiger partial charge in [-0.25, -0.2) is 0 Å². The Labute approximate surface area is 71.1 Å². The average Bonchev–Trinajstić information content (AvgIpc) is 2.45. The van der Waals surface area contributed by atoms with Crippen LogP contribution in [0, 0.1) is 0 Å². The van der Waals surface area contributed by atoms with Gasteiger partial charge in [0.15, 0.2) is 5.79 Å². The zero-order valence-electron chi connectivity index (χ0n) is 6.31. The Morgan fingerprint density at radius 1 is 1.36 bits per heavy atom. The summed E-state index contributed by atoms with van der Waals surface area (Å²) in [5.74, 6) is -0.307. The summed E-state index contributed by atoms with van der Waals surface area (Å²) in [4.78, 5) is 0. The van der Waals surface area contributed by atoms with E-state index in [1.165, 1.54) is 0 Å². The van der Waals surface area contributed by atoms with E-state index in [4.69, 9.17) is 21.1 Å². The van der Waals surface area contributed by atoms with Gasteiger partial charge >= 0.3 is 0 Å². The lowest BCUT2D eigenvalue weighted by atomic mass is 10.0. The lowest BCUT2D eigenvalue weighted by Gasteiger charge is -2.29. The topological polar surface area (TPSA) is 18.5 Å². The van der Waals surface area contributed by atoms with E-state index in [0.717, 1.165) is 37.5 Å². The fraction of sp³-hybridized carbons (Fsp3) is 0.750. The number of allylic oxidation sites excluding steroid dienone is 1. The van der Waals surface area contributed by atoms with E-state index >= 15 is 0 Å². The Balaban J connectivity index is 2.06. The second kappa shape index (κ2) is 2.77. The summed E-state index contributed by atoms with van der Waals surface area (Å²) >= 11 is 5.83. The van der Waals surface area contributed by atoms with Gasteiger partial charge in [-0.05, 0) is 6.42 Å². The number of rotatable bonds is 0. The molecule has 0 atom stereocenters. The van der Waals surface area contributed by atoms with Crippen LogP contribution in [0.3, 0.4) is 0 Å². The standard InChI is InChI=1S/C8H11ClO2/c9-7-1-3-8(4-2-7)10-5-6-11-8/h1H,2-6H2. The largest absolute Gasteiger partial charge is 0.347 e. The molecule has 1 heterocycles. The normalized spacial score (nSPS) is 29.0. The first kappa shape index (κ1) is 7.59. The predicted octanol–water partition coefficient (Wildman–Crippen LogP) is 2.04. The van der Waals surface area contributed by atoms with Crippen LogP contribution in [-0.2, 0) is 9.47 Å². The molecule has 11 heavy (non-hydrogen) atoms. The molecule has 3 heteroatoms. The molecule has 1 aliphatic carbocycles. The van der Waals surface area contributed by atoms with Crippen molar-refractivity contribution >= 4 is 11.6 Å². The fourth-order valence-electron chi connectivity index (χ4n) is 1.54. The minimum absolute atomic E-state index is 0.307. The Morgan fingerprint density at radius 2 is 2.09 bits per heavy atom. The molecule has 0 aromatic rings. The average molecular weight is 175 g/mol. The van der Waals surface area contributed by atoms with Crippen molar-refractivity contribution in [2.24, 2.45) is 0 Å². The van der Waals surface area contributed by atoms with Gasteiger partial charge in [0.1, 0.15) is 0 Å². The van der Waals surface area contributed by atoms with Crippen LogP contribution in [0.1, 0.15) is 19.3 Å². The highest BCUT2D eigenvalue weighted by atomic mass is 35.5. The summed E-state index contributed by atoms with van der Waals surface area (Å²) in [6.07, 6.45) is 4.60. The summed E-state index contributed by atoms with van der Waals surface area (Å²) < 4.78 is 11.0. The highest BCUT2D eigenvalue weighted by molar-refractivity contribution is 6.29. The number of halogens is 1. The second-order valence-corrected chi connectivity index (χ2v) is 3.45. The van der Waals surface area contributed by atoms with Gasteiger partial charge in [-0.1, -0.05) is 17.7 Å². The van der Waals surface area contributed by atoms with E-state index in [-0.39, 0.29) is 5.79 Å². The van der Waals surface area contributed by atoms with Gasteiger partial charge in [0.25, 0.3) is 0 Å². The van der Waals surface area contributed by atoms with Crippen molar-refractivity contribution in [1.82, 2.24) is 0 Å². The fourth-order valence-corrected chi connectivity index (χ4v) is 1.71. The Hall–Kier alpha value is -0.0500. The van der Waals surface area contributed by atoms with Gasteiger partial charge in [-0.2, -0.15) is 0 Å². The smallest absolute Gasteiger partial charge is 0.172 e. The third-order valence-electron chi connectivity index (χ3n) is 2.19. The quantitative estimate of drug-likeness (QED) is 0.560. The third kappa shape index (κ3) is 1.43. The van der Waals surface area contributed by atoms with Crippen LogP contribution in [0.2, 0.25) is 0 Å². The second-order valence-electron chi connectivity index (χ2n) is 2.96. The molecule has 0 N–H and O–H groups in total.